The van der Waals surface area contributed by atoms with Crippen LogP contribution in [0.25, 0.3) is 10.8 Å². The average Bonchev–Trinajstić information content (AvgIpc) is 2.73. The van der Waals surface area contributed by atoms with Crippen LogP contribution < -0.4 is 10.1 Å². The topological polar surface area (TPSA) is 38.3 Å². The third kappa shape index (κ3) is 4.16. The Labute approximate surface area is 168 Å². The van der Waals surface area contributed by atoms with E-state index in [4.69, 9.17) is 16.3 Å². The minimum Gasteiger partial charge on any atom is -0.489 e. The standard InChI is InChI=1S/C24H18ClNO2/c25-20-10-3-6-17(14-20)16-28-21-11-4-9-19(15-21)24(27)26-23-13-5-8-18-7-1-2-12-22(18)23/h1-15H,16H2,(H,26,27). The van der Waals surface area contributed by atoms with Crippen molar-refractivity contribution in [3.05, 3.63) is 107 Å². The van der Waals surface area contributed by atoms with Gasteiger partial charge in [-0.2, -0.15) is 0 Å². The van der Waals surface area contributed by atoms with E-state index in [1.54, 1.807) is 12.1 Å². The van der Waals surface area contributed by atoms with Crippen LogP contribution in [-0.2, 0) is 6.61 Å². The molecule has 1 amide bonds. The Kier molecular flexibility index (Phi) is 5.27. The number of benzene rings is 4. The fraction of sp³-hybridized carbons (Fsp3) is 0.0417. The van der Waals surface area contributed by atoms with E-state index in [0.717, 1.165) is 22.0 Å². The van der Waals surface area contributed by atoms with E-state index in [-0.39, 0.29) is 5.91 Å². The second-order valence-electron chi connectivity index (χ2n) is 6.43. The first-order valence-corrected chi connectivity index (χ1v) is 9.33. The van der Waals surface area contributed by atoms with Crippen molar-refractivity contribution in [2.24, 2.45) is 0 Å². The molecule has 0 atom stereocenters. The van der Waals surface area contributed by atoms with Gasteiger partial charge in [0.15, 0.2) is 0 Å². The number of ether oxygens (including phenoxy) is 1. The van der Waals surface area contributed by atoms with Crippen molar-refractivity contribution < 1.29 is 9.53 Å². The van der Waals surface area contributed by atoms with Crippen LogP contribution in [-0.4, -0.2) is 5.91 Å². The Balaban J connectivity index is 1.49. The highest BCUT2D eigenvalue weighted by Gasteiger charge is 2.09. The fourth-order valence-electron chi connectivity index (χ4n) is 3.05. The largest absolute Gasteiger partial charge is 0.489 e. The van der Waals surface area contributed by atoms with E-state index in [0.29, 0.717) is 22.9 Å². The molecule has 0 heterocycles. The zero-order valence-electron chi connectivity index (χ0n) is 15.1. The van der Waals surface area contributed by atoms with E-state index >= 15 is 0 Å². The van der Waals surface area contributed by atoms with Crippen molar-refractivity contribution in [3.63, 3.8) is 0 Å². The van der Waals surface area contributed by atoms with Crippen LogP contribution in [0.15, 0.2) is 91.0 Å². The summed E-state index contributed by atoms with van der Waals surface area (Å²) >= 11 is 6.00. The van der Waals surface area contributed by atoms with Crippen molar-refractivity contribution in [1.82, 2.24) is 0 Å². The fourth-order valence-corrected chi connectivity index (χ4v) is 3.26. The summed E-state index contributed by atoms with van der Waals surface area (Å²) < 4.78 is 5.82. The van der Waals surface area contributed by atoms with E-state index in [1.807, 2.05) is 78.9 Å². The lowest BCUT2D eigenvalue weighted by molar-refractivity contribution is 0.102. The average molecular weight is 388 g/mol. The maximum Gasteiger partial charge on any atom is 0.255 e. The molecular formula is C24H18ClNO2. The molecule has 4 heteroatoms. The molecular weight excluding hydrogens is 370 g/mol. The van der Waals surface area contributed by atoms with Crippen molar-refractivity contribution >= 4 is 34.0 Å². The van der Waals surface area contributed by atoms with Gasteiger partial charge in [0.05, 0.1) is 0 Å². The van der Waals surface area contributed by atoms with Crippen molar-refractivity contribution in [1.29, 1.82) is 0 Å². The van der Waals surface area contributed by atoms with Gasteiger partial charge in [-0.15, -0.1) is 0 Å². The SMILES string of the molecule is O=C(Nc1cccc2ccccc12)c1cccc(OCc2cccc(Cl)c2)c1. The molecule has 138 valence electrons. The lowest BCUT2D eigenvalue weighted by atomic mass is 10.1. The Bertz CT molecular complexity index is 1130. The molecule has 1 N–H and O–H groups in total. The van der Waals surface area contributed by atoms with Gasteiger partial charge >= 0.3 is 0 Å². The zero-order chi connectivity index (χ0) is 19.3. The maximum absolute atomic E-state index is 12.7. The summed E-state index contributed by atoms with van der Waals surface area (Å²) in [5.41, 5.74) is 2.29. The van der Waals surface area contributed by atoms with Crippen molar-refractivity contribution in [3.8, 4) is 5.75 Å². The Morgan fingerprint density at radius 1 is 0.857 bits per heavy atom. The molecule has 0 fully saturated rings. The number of hydrogen-bond donors (Lipinski definition) is 1. The van der Waals surface area contributed by atoms with Gasteiger partial charge in [-0.3, -0.25) is 4.79 Å². The third-order valence-corrected chi connectivity index (χ3v) is 4.66. The Morgan fingerprint density at radius 2 is 1.64 bits per heavy atom. The number of halogens is 1. The third-order valence-electron chi connectivity index (χ3n) is 4.43. The monoisotopic (exact) mass is 387 g/mol. The first-order valence-electron chi connectivity index (χ1n) is 8.95. The molecule has 0 spiro atoms. The van der Waals surface area contributed by atoms with Gasteiger partial charge in [-0.1, -0.05) is 66.2 Å². The highest BCUT2D eigenvalue weighted by molar-refractivity contribution is 6.30. The Morgan fingerprint density at radius 3 is 2.54 bits per heavy atom. The molecule has 4 aromatic carbocycles. The van der Waals surface area contributed by atoms with Gasteiger partial charge in [-0.05, 0) is 47.3 Å². The number of rotatable bonds is 5. The number of anilines is 1. The molecule has 0 radical (unpaired) electrons. The van der Waals surface area contributed by atoms with Crippen LogP contribution in [0.4, 0.5) is 5.69 Å². The summed E-state index contributed by atoms with van der Waals surface area (Å²) in [7, 11) is 0. The predicted octanol–water partition coefficient (Wildman–Crippen LogP) is 6.32. The van der Waals surface area contributed by atoms with E-state index in [2.05, 4.69) is 5.32 Å². The van der Waals surface area contributed by atoms with Crippen LogP contribution in [0.2, 0.25) is 5.02 Å². The molecule has 4 rings (SSSR count). The summed E-state index contributed by atoms with van der Waals surface area (Å²) in [4.78, 5) is 12.7. The summed E-state index contributed by atoms with van der Waals surface area (Å²) in [6.45, 7) is 0.384. The van der Waals surface area contributed by atoms with E-state index < -0.39 is 0 Å². The smallest absolute Gasteiger partial charge is 0.255 e. The molecule has 28 heavy (non-hydrogen) atoms. The van der Waals surface area contributed by atoms with Gasteiger partial charge in [0.1, 0.15) is 12.4 Å². The molecule has 0 aliphatic carbocycles. The first kappa shape index (κ1) is 18.1. The summed E-state index contributed by atoms with van der Waals surface area (Å²) in [5, 5.41) is 5.76. The van der Waals surface area contributed by atoms with Gasteiger partial charge < -0.3 is 10.1 Å². The number of carbonyl (C=O) groups excluding carboxylic acids is 1. The zero-order valence-corrected chi connectivity index (χ0v) is 15.8. The van der Waals surface area contributed by atoms with Crippen LogP contribution in [0.5, 0.6) is 5.75 Å². The first-order chi connectivity index (χ1) is 13.7. The highest BCUT2D eigenvalue weighted by Crippen LogP contribution is 2.24. The summed E-state index contributed by atoms with van der Waals surface area (Å²) in [6, 6.07) is 28.5. The number of amides is 1. The Hall–Kier alpha value is -3.30. The quantitative estimate of drug-likeness (QED) is 0.435. The normalized spacial score (nSPS) is 10.6. The molecule has 0 aliphatic rings. The van der Waals surface area contributed by atoms with Crippen LogP contribution in [0, 0.1) is 0 Å². The maximum atomic E-state index is 12.7. The van der Waals surface area contributed by atoms with E-state index in [1.165, 1.54) is 0 Å². The van der Waals surface area contributed by atoms with E-state index in [9.17, 15) is 4.79 Å². The van der Waals surface area contributed by atoms with Gasteiger partial charge in [-0.25, -0.2) is 0 Å². The molecule has 0 saturated carbocycles. The van der Waals surface area contributed by atoms with Crippen LogP contribution in [0.3, 0.4) is 0 Å². The van der Waals surface area contributed by atoms with Crippen LogP contribution >= 0.6 is 11.6 Å². The molecule has 0 aromatic heterocycles. The lowest BCUT2D eigenvalue weighted by Crippen LogP contribution is -2.12. The number of fused-ring (bicyclic) bond motifs is 1. The van der Waals surface area contributed by atoms with Crippen molar-refractivity contribution in [2.75, 3.05) is 5.32 Å². The predicted molar refractivity (Wildman–Crippen MR) is 114 cm³/mol. The second-order valence-corrected chi connectivity index (χ2v) is 6.86. The number of nitrogens with one attached hydrogen (secondary N) is 1. The van der Waals surface area contributed by atoms with Gasteiger partial charge in [0.2, 0.25) is 0 Å². The summed E-state index contributed by atoms with van der Waals surface area (Å²) in [5.74, 6) is 0.454. The number of carbonyl (C=O) groups is 1. The molecule has 3 nitrogen and oxygen atoms in total. The number of hydrogen-bond acceptors (Lipinski definition) is 2. The summed E-state index contributed by atoms with van der Waals surface area (Å²) in [6.07, 6.45) is 0. The lowest BCUT2D eigenvalue weighted by Gasteiger charge is -2.11. The highest BCUT2D eigenvalue weighted by atomic mass is 35.5. The molecule has 4 aromatic rings. The van der Waals surface area contributed by atoms with Crippen molar-refractivity contribution in [2.45, 2.75) is 6.61 Å². The molecule has 0 bridgehead atoms. The molecule has 0 saturated heterocycles. The second kappa shape index (κ2) is 8.15. The van der Waals surface area contributed by atoms with Gasteiger partial charge in [0.25, 0.3) is 5.91 Å². The molecule has 0 aliphatic heterocycles. The minimum absolute atomic E-state index is 0.176. The van der Waals surface area contributed by atoms with Crippen LogP contribution in [0.1, 0.15) is 15.9 Å². The minimum atomic E-state index is -0.176. The van der Waals surface area contributed by atoms with Gasteiger partial charge in [0, 0.05) is 21.7 Å². The molecule has 0 unspecified atom stereocenters.